The van der Waals surface area contributed by atoms with Gasteiger partial charge in [-0.15, -0.1) is 0 Å². The molecule has 0 bridgehead atoms. The van der Waals surface area contributed by atoms with E-state index < -0.39 is 17.5 Å². The van der Waals surface area contributed by atoms with Crippen LogP contribution in [0.25, 0.3) is 0 Å². The smallest absolute Gasteiger partial charge is 0.319 e. The third-order valence-electron chi connectivity index (χ3n) is 5.11. The SMILES string of the molecule is O=C1NC(=O)C(CCC(=O)N2CCc3ccccc32)(c2ccccc2)N1. The standard InChI is InChI=1S/C20H19N3O3/c24-17(23-13-11-14-6-4-5-9-16(14)23)10-12-20(15-7-2-1-3-8-15)18(25)21-19(26)22-20/h1-9H,10-13H2,(H2,21,22,25,26). The number of hydrogen-bond acceptors (Lipinski definition) is 3. The second kappa shape index (κ2) is 6.29. The number of fused-ring (bicyclic) bond motifs is 1. The van der Waals surface area contributed by atoms with Crippen LogP contribution in [-0.2, 0) is 21.5 Å². The van der Waals surface area contributed by atoms with Gasteiger partial charge < -0.3 is 10.2 Å². The lowest BCUT2D eigenvalue weighted by molar-refractivity contribution is -0.125. The third-order valence-corrected chi connectivity index (χ3v) is 5.11. The molecule has 2 aliphatic rings. The number of urea groups is 1. The molecule has 1 atom stereocenters. The van der Waals surface area contributed by atoms with E-state index in [1.165, 1.54) is 0 Å². The van der Waals surface area contributed by atoms with Crippen LogP contribution in [-0.4, -0.2) is 24.4 Å². The normalized spacial score (nSPS) is 21.3. The monoisotopic (exact) mass is 349 g/mol. The van der Waals surface area contributed by atoms with Gasteiger partial charge >= 0.3 is 6.03 Å². The zero-order valence-electron chi connectivity index (χ0n) is 14.2. The Morgan fingerprint density at radius 1 is 1.04 bits per heavy atom. The van der Waals surface area contributed by atoms with E-state index in [1.807, 2.05) is 42.5 Å². The van der Waals surface area contributed by atoms with Gasteiger partial charge in [0.15, 0.2) is 0 Å². The minimum atomic E-state index is -1.20. The molecule has 2 N–H and O–H groups in total. The molecule has 2 heterocycles. The van der Waals surface area contributed by atoms with Crippen molar-refractivity contribution >= 4 is 23.5 Å². The molecule has 4 amide bonds. The molecule has 1 saturated heterocycles. The van der Waals surface area contributed by atoms with E-state index >= 15 is 0 Å². The predicted molar refractivity (Wildman–Crippen MR) is 96.5 cm³/mol. The van der Waals surface area contributed by atoms with Crippen LogP contribution in [0.2, 0.25) is 0 Å². The molecule has 0 saturated carbocycles. The number of rotatable bonds is 4. The van der Waals surface area contributed by atoms with Crippen molar-refractivity contribution in [2.45, 2.75) is 24.8 Å². The second-order valence-corrected chi connectivity index (χ2v) is 6.60. The topological polar surface area (TPSA) is 78.5 Å². The number of nitrogens with one attached hydrogen (secondary N) is 2. The molecule has 2 aromatic rings. The minimum Gasteiger partial charge on any atom is -0.319 e. The summed E-state index contributed by atoms with van der Waals surface area (Å²) in [6.45, 7) is 0.648. The van der Waals surface area contributed by atoms with Crippen molar-refractivity contribution in [3.63, 3.8) is 0 Å². The summed E-state index contributed by atoms with van der Waals surface area (Å²) in [5.41, 5.74) is 1.57. The van der Waals surface area contributed by atoms with Crippen LogP contribution in [0.3, 0.4) is 0 Å². The van der Waals surface area contributed by atoms with Crippen molar-refractivity contribution in [1.29, 1.82) is 0 Å². The van der Waals surface area contributed by atoms with Gasteiger partial charge in [-0.25, -0.2) is 4.79 Å². The summed E-state index contributed by atoms with van der Waals surface area (Å²) < 4.78 is 0. The molecular weight excluding hydrogens is 330 g/mol. The summed E-state index contributed by atoms with van der Waals surface area (Å²) in [5.74, 6) is -0.456. The van der Waals surface area contributed by atoms with Crippen LogP contribution in [0.15, 0.2) is 54.6 Å². The molecule has 0 aliphatic carbocycles. The van der Waals surface area contributed by atoms with E-state index in [1.54, 1.807) is 17.0 Å². The molecule has 2 aromatic carbocycles. The van der Waals surface area contributed by atoms with Crippen LogP contribution in [0, 0.1) is 0 Å². The highest BCUT2D eigenvalue weighted by Gasteiger charge is 2.47. The summed E-state index contributed by atoms with van der Waals surface area (Å²) in [7, 11) is 0. The van der Waals surface area contributed by atoms with Crippen molar-refractivity contribution in [2.75, 3.05) is 11.4 Å². The van der Waals surface area contributed by atoms with Crippen molar-refractivity contribution in [3.8, 4) is 0 Å². The average molecular weight is 349 g/mol. The van der Waals surface area contributed by atoms with E-state index in [9.17, 15) is 14.4 Å². The molecule has 0 aromatic heterocycles. The molecule has 6 nitrogen and oxygen atoms in total. The maximum absolute atomic E-state index is 12.8. The Kier molecular flexibility index (Phi) is 3.95. The molecule has 26 heavy (non-hydrogen) atoms. The first kappa shape index (κ1) is 16.3. The first-order chi connectivity index (χ1) is 12.6. The fraction of sp³-hybridized carbons (Fsp3) is 0.250. The van der Waals surface area contributed by atoms with Crippen LogP contribution in [0.4, 0.5) is 10.5 Å². The van der Waals surface area contributed by atoms with Crippen LogP contribution in [0.5, 0.6) is 0 Å². The first-order valence-electron chi connectivity index (χ1n) is 8.67. The molecule has 6 heteroatoms. The number of imide groups is 1. The Bertz CT molecular complexity index is 881. The molecule has 132 valence electrons. The molecule has 1 fully saturated rings. The van der Waals surface area contributed by atoms with Gasteiger partial charge in [-0.05, 0) is 30.0 Å². The van der Waals surface area contributed by atoms with Gasteiger partial charge in [0, 0.05) is 18.7 Å². The fourth-order valence-electron chi connectivity index (χ4n) is 3.76. The summed E-state index contributed by atoms with van der Waals surface area (Å²) in [6.07, 6.45) is 1.21. The molecule has 2 aliphatic heterocycles. The van der Waals surface area contributed by atoms with E-state index in [2.05, 4.69) is 10.6 Å². The van der Waals surface area contributed by atoms with Crippen molar-refractivity contribution < 1.29 is 14.4 Å². The van der Waals surface area contributed by atoms with E-state index in [-0.39, 0.29) is 18.7 Å². The summed E-state index contributed by atoms with van der Waals surface area (Å²) in [4.78, 5) is 38.9. The highest BCUT2D eigenvalue weighted by Crippen LogP contribution is 2.32. The number of para-hydroxylation sites is 1. The lowest BCUT2D eigenvalue weighted by Crippen LogP contribution is -2.45. The van der Waals surface area contributed by atoms with E-state index in [0.717, 1.165) is 17.7 Å². The van der Waals surface area contributed by atoms with Crippen molar-refractivity contribution in [3.05, 3.63) is 65.7 Å². The molecule has 4 rings (SSSR count). The third kappa shape index (κ3) is 2.63. The maximum Gasteiger partial charge on any atom is 0.322 e. The number of benzene rings is 2. The lowest BCUT2D eigenvalue weighted by Gasteiger charge is -2.27. The Hall–Kier alpha value is -3.15. The van der Waals surface area contributed by atoms with Crippen molar-refractivity contribution in [1.82, 2.24) is 10.6 Å². The zero-order valence-corrected chi connectivity index (χ0v) is 14.2. The average Bonchev–Trinajstić information content (AvgIpc) is 3.21. The van der Waals surface area contributed by atoms with Gasteiger partial charge in [0.1, 0.15) is 5.54 Å². The first-order valence-corrected chi connectivity index (χ1v) is 8.67. The van der Waals surface area contributed by atoms with Crippen LogP contribution in [0.1, 0.15) is 24.0 Å². The summed E-state index contributed by atoms with van der Waals surface area (Å²) >= 11 is 0. The number of anilines is 1. The van der Waals surface area contributed by atoms with Gasteiger partial charge in [0.2, 0.25) is 5.91 Å². The highest BCUT2D eigenvalue weighted by molar-refractivity contribution is 6.08. The largest absolute Gasteiger partial charge is 0.322 e. The Balaban J connectivity index is 1.56. The van der Waals surface area contributed by atoms with E-state index in [0.29, 0.717) is 12.1 Å². The zero-order chi connectivity index (χ0) is 18.1. The number of carbonyl (C=O) groups excluding carboxylic acids is 3. The number of nitrogens with zero attached hydrogens (tertiary/aromatic N) is 1. The van der Waals surface area contributed by atoms with Gasteiger partial charge in [-0.1, -0.05) is 48.5 Å². The fourth-order valence-corrected chi connectivity index (χ4v) is 3.76. The predicted octanol–water partition coefficient (Wildman–Crippen LogP) is 2.09. The lowest BCUT2D eigenvalue weighted by atomic mass is 9.85. The number of carbonyl (C=O) groups is 3. The Labute approximate surface area is 151 Å². The van der Waals surface area contributed by atoms with Gasteiger partial charge in [0.25, 0.3) is 5.91 Å². The minimum absolute atomic E-state index is 0.0424. The summed E-state index contributed by atoms with van der Waals surface area (Å²) in [6, 6.07) is 16.4. The Morgan fingerprint density at radius 3 is 2.50 bits per heavy atom. The molecule has 0 spiro atoms. The molecular formula is C20H19N3O3. The van der Waals surface area contributed by atoms with Crippen molar-refractivity contribution in [2.24, 2.45) is 0 Å². The van der Waals surface area contributed by atoms with Gasteiger partial charge in [-0.3, -0.25) is 14.9 Å². The molecule has 1 unspecified atom stereocenters. The number of amides is 4. The Morgan fingerprint density at radius 2 is 1.77 bits per heavy atom. The van der Waals surface area contributed by atoms with Crippen LogP contribution >= 0.6 is 0 Å². The van der Waals surface area contributed by atoms with Gasteiger partial charge in [0.05, 0.1) is 0 Å². The van der Waals surface area contributed by atoms with Crippen LogP contribution < -0.4 is 15.5 Å². The molecule has 0 radical (unpaired) electrons. The van der Waals surface area contributed by atoms with E-state index in [4.69, 9.17) is 0 Å². The number of hydrogen-bond donors (Lipinski definition) is 2. The quantitative estimate of drug-likeness (QED) is 0.830. The maximum atomic E-state index is 12.8. The summed E-state index contributed by atoms with van der Waals surface area (Å²) in [5, 5.41) is 5.03. The second-order valence-electron chi connectivity index (χ2n) is 6.60. The van der Waals surface area contributed by atoms with Gasteiger partial charge in [-0.2, -0.15) is 0 Å². The highest BCUT2D eigenvalue weighted by atomic mass is 16.2.